The van der Waals surface area contributed by atoms with Gasteiger partial charge in [-0.2, -0.15) is 4.99 Å². The van der Waals surface area contributed by atoms with E-state index >= 15 is 0 Å². The number of benzene rings is 5. The quantitative estimate of drug-likeness (QED) is 0.230. The smallest absolute Gasteiger partial charge is 0.286 e. The molecule has 0 bridgehead atoms. The van der Waals surface area contributed by atoms with Crippen LogP contribution in [0.25, 0.3) is 16.8 Å². The van der Waals surface area contributed by atoms with Gasteiger partial charge in [0.1, 0.15) is 23.0 Å². The van der Waals surface area contributed by atoms with E-state index in [9.17, 15) is 4.79 Å². The summed E-state index contributed by atoms with van der Waals surface area (Å²) in [5, 5.41) is 5.61. The lowest BCUT2D eigenvalue weighted by molar-refractivity contribution is -0.113. The average Bonchev–Trinajstić information content (AvgIpc) is 3.29. The van der Waals surface area contributed by atoms with Crippen molar-refractivity contribution in [2.75, 3.05) is 5.32 Å². The zero-order valence-electron chi connectivity index (χ0n) is 20.2. The van der Waals surface area contributed by atoms with Gasteiger partial charge in [0.25, 0.3) is 5.91 Å². The van der Waals surface area contributed by atoms with E-state index in [1.54, 1.807) is 0 Å². The molecule has 5 nitrogen and oxygen atoms in total. The number of carbonyl (C=O) groups is 1. The number of anilines is 1. The Kier molecular flexibility index (Phi) is 6.62. The molecular weight excluding hydrogens is 492 g/mol. The minimum atomic E-state index is -0.291. The van der Waals surface area contributed by atoms with E-state index in [1.807, 2.05) is 127 Å². The molecule has 0 atom stereocenters. The van der Waals surface area contributed by atoms with E-state index in [-0.39, 0.29) is 5.91 Å². The Morgan fingerprint density at radius 1 is 0.684 bits per heavy atom. The largest absolute Gasteiger partial charge is 0.457 e. The number of thioether (sulfide) groups is 1. The number of para-hydroxylation sites is 3. The molecule has 0 saturated heterocycles. The molecule has 184 valence electrons. The predicted octanol–water partition coefficient (Wildman–Crippen LogP) is 8.51. The van der Waals surface area contributed by atoms with Crippen molar-refractivity contribution in [2.24, 2.45) is 4.99 Å². The Morgan fingerprint density at radius 2 is 1.32 bits per heavy atom. The van der Waals surface area contributed by atoms with Crippen LogP contribution in [0.1, 0.15) is 5.56 Å². The van der Waals surface area contributed by atoms with Crippen molar-refractivity contribution in [3.63, 3.8) is 0 Å². The second kappa shape index (κ2) is 10.7. The van der Waals surface area contributed by atoms with Crippen LogP contribution in [0.4, 0.5) is 5.69 Å². The van der Waals surface area contributed by atoms with Gasteiger partial charge in [-0.1, -0.05) is 66.7 Å². The van der Waals surface area contributed by atoms with E-state index in [2.05, 4.69) is 10.3 Å². The fourth-order valence-electron chi connectivity index (χ4n) is 4.06. The Labute approximate surface area is 224 Å². The molecular formula is C32H22N2O3S. The highest BCUT2D eigenvalue weighted by molar-refractivity contribution is 8.18. The fourth-order valence-corrected chi connectivity index (χ4v) is 4.89. The van der Waals surface area contributed by atoms with Crippen LogP contribution < -0.4 is 14.8 Å². The minimum Gasteiger partial charge on any atom is -0.457 e. The second-order valence-corrected chi connectivity index (χ2v) is 9.55. The summed E-state index contributed by atoms with van der Waals surface area (Å²) in [6.45, 7) is 0. The summed E-state index contributed by atoms with van der Waals surface area (Å²) < 4.78 is 12.5. The van der Waals surface area contributed by atoms with Gasteiger partial charge in [-0.25, -0.2) is 0 Å². The number of amides is 1. The number of fused-ring (bicyclic) bond motifs is 1. The summed E-state index contributed by atoms with van der Waals surface area (Å²) >= 11 is 1.30. The van der Waals surface area contributed by atoms with Gasteiger partial charge >= 0.3 is 0 Å². The molecule has 0 spiro atoms. The number of hydrogen-bond acceptors (Lipinski definition) is 5. The van der Waals surface area contributed by atoms with E-state index < -0.39 is 0 Å². The molecule has 0 aliphatic carbocycles. The normalized spacial score (nSPS) is 13.9. The topological polar surface area (TPSA) is 59.9 Å². The second-order valence-electron chi connectivity index (χ2n) is 8.52. The molecule has 0 radical (unpaired) electrons. The summed E-state index contributed by atoms with van der Waals surface area (Å²) in [5.41, 5.74) is 1.64. The van der Waals surface area contributed by atoms with E-state index in [0.29, 0.717) is 21.6 Å². The Bertz CT molecular complexity index is 1670. The van der Waals surface area contributed by atoms with Crippen LogP contribution in [-0.4, -0.2) is 11.1 Å². The summed E-state index contributed by atoms with van der Waals surface area (Å²) in [6.07, 6.45) is 1.83. The average molecular weight is 515 g/mol. The third-order valence-electron chi connectivity index (χ3n) is 5.84. The van der Waals surface area contributed by atoms with Crippen LogP contribution >= 0.6 is 11.8 Å². The van der Waals surface area contributed by atoms with Crippen molar-refractivity contribution in [1.82, 2.24) is 0 Å². The minimum absolute atomic E-state index is 0.291. The first-order valence-electron chi connectivity index (χ1n) is 12.1. The Morgan fingerprint density at radius 3 is 2.00 bits per heavy atom. The number of aliphatic imine (C=N–C) groups is 1. The van der Waals surface area contributed by atoms with Crippen molar-refractivity contribution >= 4 is 45.4 Å². The molecule has 1 N–H and O–H groups in total. The van der Waals surface area contributed by atoms with Gasteiger partial charge in [0.2, 0.25) is 0 Å². The highest BCUT2D eigenvalue weighted by Gasteiger charge is 2.23. The summed E-state index contributed by atoms with van der Waals surface area (Å²) in [5.74, 6) is 2.48. The summed E-state index contributed by atoms with van der Waals surface area (Å²) in [4.78, 5) is 17.5. The number of nitrogens with one attached hydrogen (secondary N) is 1. The first-order chi connectivity index (χ1) is 18.7. The highest BCUT2D eigenvalue weighted by Crippen LogP contribution is 2.39. The predicted molar refractivity (Wildman–Crippen MR) is 155 cm³/mol. The summed E-state index contributed by atoms with van der Waals surface area (Å²) in [7, 11) is 0. The molecule has 6 heteroatoms. The van der Waals surface area contributed by atoms with E-state index in [0.717, 1.165) is 33.5 Å². The number of carbonyl (C=O) groups excluding carboxylic acids is 1. The number of hydrogen-bond donors (Lipinski definition) is 1. The maximum atomic E-state index is 12.8. The zero-order chi connectivity index (χ0) is 25.7. The van der Waals surface area contributed by atoms with Crippen LogP contribution in [0.2, 0.25) is 0 Å². The number of nitrogens with zero attached hydrogens (tertiary/aromatic N) is 1. The maximum absolute atomic E-state index is 12.8. The van der Waals surface area contributed by atoms with Gasteiger partial charge in [-0.05, 0) is 77.8 Å². The molecule has 0 fully saturated rings. The van der Waals surface area contributed by atoms with Crippen molar-refractivity contribution in [3.05, 3.63) is 132 Å². The van der Waals surface area contributed by atoms with Crippen molar-refractivity contribution in [1.29, 1.82) is 0 Å². The molecule has 1 amide bonds. The third kappa shape index (κ3) is 5.31. The highest BCUT2D eigenvalue weighted by atomic mass is 32.2. The molecule has 0 aromatic heterocycles. The lowest BCUT2D eigenvalue weighted by atomic mass is 10.0. The van der Waals surface area contributed by atoms with E-state index in [4.69, 9.17) is 9.47 Å². The molecule has 0 saturated carbocycles. The molecule has 5 aromatic rings. The van der Waals surface area contributed by atoms with Crippen LogP contribution in [0.15, 0.2) is 131 Å². The SMILES string of the molecule is O=C1N=C(Nc2ccccc2)SC1=Cc1cc2cccc(Oc3ccccc3)c2cc1Oc1ccccc1. The van der Waals surface area contributed by atoms with Crippen LogP contribution in [-0.2, 0) is 4.79 Å². The Hall–Kier alpha value is -4.81. The number of amidine groups is 1. The first kappa shape index (κ1) is 23.6. The molecule has 38 heavy (non-hydrogen) atoms. The Balaban J connectivity index is 1.38. The third-order valence-corrected chi connectivity index (χ3v) is 6.74. The molecule has 0 unspecified atom stereocenters. The summed E-state index contributed by atoms with van der Waals surface area (Å²) in [6, 6.07) is 38.8. The fraction of sp³-hybridized carbons (Fsp3) is 0. The van der Waals surface area contributed by atoms with Crippen molar-refractivity contribution in [3.8, 4) is 23.0 Å². The van der Waals surface area contributed by atoms with Gasteiger partial charge in [0, 0.05) is 16.6 Å². The number of ether oxygens (including phenoxy) is 2. The molecule has 6 rings (SSSR count). The van der Waals surface area contributed by atoms with Gasteiger partial charge in [0.15, 0.2) is 5.17 Å². The first-order valence-corrected chi connectivity index (χ1v) is 12.9. The maximum Gasteiger partial charge on any atom is 0.286 e. The molecule has 1 heterocycles. The van der Waals surface area contributed by atoms with E-state index in [1.165, 1.54) is 11.8 Å². The van der Waals surface area contributed by atoms with Crippen LogP contribution in [0.5, 0.6) is 23.0 Å². The van der Waals surface area contributed by atoms with Gasteiger partial charge < -0.3 is 14.8 Å². The molecule has 5 aromatic carbocycles. The van der Waals surface area contributed by atoms with Gasteiger partial charge in [0.05, 0.1) is 4.91 Å². The van der Waals surface area contributed by atoms with Gasteiger partial charge in [-0.15, -0.1) is 0 Å². The van der Waals surface area contributed by atoms with Crippen LogP contribution in [0, 0.1) is 0 Å². The molecule has 1 aliphatic rings. The standard InChI is InChI=1S/C32H22N2O3S/c35-31-30(38-32(34-31)33-24-12-4-1-5-13-24)20-23-19-22-11-10-18-28(36-25-14-6-2-7-15-25)27(22)21-29(23)37-26-16-8-3-9-17-26/h1-21H,(H,33,34,35). The van der Waals surface area contributed by atoms with Crippen molar-refractivity contribution in [2.45, 2.75) is 0 Å². The van der Waals surface area contributed by atoms with Gasteiger partial charge in [-0.3, -0.25) is 4.79 Å². The lowest BCUT2D eigenvalue weighted by Crippen LogP contribution is -2.04. The lowest BCUT2D eigenvalue weighted by Gasteiger charge is -2.14. The zero-order valence-corrected chi connectivity index (χ0v) is 21.0. The van der Waals surface area contributed by atoms with Crippen molar-refractivity contribution < 1.29 is 14.3 Å². The van der Waals surface area contributed by atoms with Crippen LogP contribution in [0.3, 0.4) is 0 Å². The molecule has 1 aliphatic heterocycles. The number of rotatable bonds is 6. The monoisotopic (exact) mass is 514 g/mol.